The molecule has 108 valence electrons. The van der Waals surface area contributed by atoms with Gasteiger partial charge in [-0.1, -0.05) is 0 Å². The van der Waals surface area contributed by atoms with Gasteiger partial charge in [-0.3, -0.25) is 4.79 Å². The fraction of sp³-hybridized carbons (Fsp3) is 0.462. The first-order valence-electron chi connectivity index (χ1n) is 6.58. The van der Waals surface area contributed by atoms with E-state index >= 15 is 0 Å². The molecule has 0 aliphatic carbocycles. The van der Waals surface area contributed by atoms with Crippen molar-refractivity contribution in [2.24, 2.45) is 0 Å². The Bertz CT molecular complexity index is 608. The SMILES string of the molecule is CCN(CC(=O)NC(C)C)c1ccc(N)c2nonc12. The van der Waals surface area contributed by atoms with Crippen LogP contribution in [0, 0.1) is 0 Å². The van der Waals surface area contributed by atoms with Crippen LogP contribution in [0.4, 0.5) is 11.4 Å². The highest BCUT2D eigenvalue weighted by Crippen LogP contribution is 2.28. The first kappa shape index (κ1) is 14.1. The highest BCUT2D eigenvalue weighted by molar-refractivity contribution is 5.96. The van der Waals surface area contributed by atoms with Crippen molar-refractivity contribution in [3.05, 3.63) is 12.1 Å². The molecule has 1 amide bonds. The van der Waals surface area contributed by atoms with Crippen LogP contribution in [0.3, 0.4) is 0 Å². The van der Waals surface area contributed by atoms with E-state index < -0.39 is 0 Å². The van der Waals surface area contributed by atoms with Crippen LogP contribution in [0.1, 0.15) is 20.8 Å². The molecule has 0 atom stereocenters. The monoisotopic (exact) mass is 277 g/mol. The average molecular weight is 277 g/mol. The third-order valence-electron chi connectivity index (χ3n) is 2.93. The Morgan fingerprint density at radius 3 is 2.75 bits per heavy atom. The Hall–Kier alpha value is -2.31. The molecule has 0 radical (unpaired) electrons. The molecule has 0 aliphatic rings. The summed E-state index contributed by atoms with van der Waals surface area (Å²) in [5.74, 6) is -0.0386. The predicted molar refractivity (Wildman–Crippen MR) is 77.4 cm³/mol. The van der Waals surface area contributed by atoms with E-state index in [-0.39, 0.29) is 18.5 Å². The second-order valence-corrected chi connectivity index (χ2v) is 4.87. The number of hydrogen-bond donors (Lipinski definition) is 2. The lowest BCUT2D eigenvalue weighted by Crippen LogP contribution is -2.40. The van der Waals surface area contributed by atoms with Gasteiger partial charge >= 0.3 is 0 Å². The minimum Gasteiger partial charge on any atom is -0.397 e. The third-order valence-corrected chi connectivity index (χ3v) is 2.93. The van der Waals surface area contributed by atoms with Crippen molar-refractivity contribution in [1.29, 1.82) is 0 Å². The predicted octanol–water partition coefficient (Wildman–Crippen LogP) is 1.16. The number of benzene rings is 1. The summed E-state index contributed by atoms with van der Waals surface area (Å²) in [6, 6.07) is 3.68. The number of nitrogens with two attached hydrogens (primary N) is 1. The van der Waals surface area contributed by atoms with Gasteiger partial charge in [0.2, 0.25) is 5.91 Å². The summed E-state index contributed by atoms with van der Waals surface area (Å²) in [7, 11) is 0. The van der Waals surface area contributed by atoms with Gasteiger partial charge in [-0.25, -0.2) is 4.63 Å². The molecule has 20 heavy (non-hydrogen) atoms. The number of amides is 1. The largest absolute Gasteiger partial charge is 0.397 e. The lowest BCUT2D eigenvalue weighted by Gasteiger charge is -2.23. The number of carbonyl (C=O) groups is 1. The van der Waals surface area contributed by atoms with E-state index in [9.17, 15) is 4.79 Å². The van der Waals surface area contributed by atoms with Crippen LogP contribution in [0.5, 0.6) is 0 Å². The Labute approximate surface area is 117 Å². The fourth-order valence-electron chi connectivity index (χ4n) is 2.04. The number of fused-ring (bicyclic) bond motifs is 1. The molecule has 2 aromatic rings. The molecule has 1 aromatic heterocycles. The number of nitrogens with zero attached hydrogens (tertiary/aromatic N) is 3. The summed E-state index contributed by atoms with van der Waals surface area (Å²) in [4.78, 5) is 13.8. The molecular formula is C13H19N5O2. The Kier molecular flexibility index (Phi) is 4.07. The molecule has 0 saturated heterocycles. The number of aromatic nitrogens is 2. The van der Waals surface area contributed by atoms with Crippen molar-refractivity contribution in [2.45, 2.75) is 26.8 Å². The van der Waals surface area contributed by atoms with Gasteiger partial charge in [-0.2, -0.15) is 0 Å². The van der Waals surface area contributed by atoms with Crippen molar-refractivity contribution >= 4 is 28.3 Å². The van der Waals surface area contributed by atoms with Gasteiger partial charge in [0.25, 0.3) is 0 Å². The molecule has 0 unspecified atom stereocenters. The normalized spacial score (nSPS) is 11.0. The first-order chi connectivity index (χ1) is 9.52. The summed E-state index contributed by atoms with van der Waals surface area (Å²) in [6.07, 6.45) is 0. The lowest BCUT2D eigenvalue weighted by molar-refractivity contribution is -0.120. The molecule has 0 spiro atoms. The third kappa shape index (κ3) is 2.81. The van der Waals surface area contributed by atoms with E-state index in [1.165, 1.54) is 0 Å². The quantitative estimate of drug-likeness (QED) is 0.796. The van der Waals surface area contributed by atoms with E-state index in [1.807, 2.05) is 31.7 Å². The van der Waals surface area contributed by atoms with Gasteiger partial charge in [0.1, 0.15) is 0 Å². The zero-order valence-corrected chi connectivity index (χ0v) is 11.9. The maximum atomic E-state index is 11.9. The standard InChI is InChI=1S/C13H19N5O2/c1-4-18(7-11(19)15-8(2)3)10-6-5-9(14)12-13(10)17-20-16-12/h5-6,8H,4,7,14H2,1-3H3,(H,15,19). The van der Waals surface area contributed by atoms with Crippen molar-refractivity contribution < 1.29 is 9.42 Å². The number of nitrogen functional groups attached to an aromatic ring is 1. The smallest absolute Gasteiger partial charge is 0.239 e. The second-order valence-electron chi connectivity index (χ2n) is 4.87. The van der Waals surface area contributed by atoms with Crippen molar-refractivity contribution in [3.63, 3.8) is 0 Å². The van der Waals surface area contributed by atoms with Crippen LogP contribution in [-0.2, 0) is 4.79 Å². The van der Waals surface area contributed by atoms with Crippen LogP contribution in [0.15, 0.2) is 16.8 Å². The second kappa shape index (κ2) is 5.77. The van der Waals surface area contributed by atoms with E-state index in [0.717, 1.165) is 5.69 Å². The van der Waals surface area contributed by atoms with E-state index in [0.29, 0.717) is 23.3 Å². The molecule has 0 fully saturated rings. The molecule has 0 aliphatic heterocycles. The van der Waals surface area contributed by atoms with E-state index in [2.05, 4.69) is 15.6 Å². The highest BCUT2D eigenvalue weighted by atomic mass is 16.6. The molecule has 0 bridgehead atoms. The minimum absolute atomic E-state index is 0.0386. The van der Waals surface area contributed by atoms with Crippen molar-refractivity contribution in [3.8, 4) is 0 Å². The average Bonchev–Trinajstić information content (AvgIpc) is 2.86. The summed E-state index contributed by atoms with van der Waals surface area (Å²) in [5, 5.41) is 10.5. The van der Waals surface area contributed by atoms with Crippen LogP contribution >= 0.6 is 0 Å². The topological polar surface area (TPSA) is 97.3 Å². The molecule has 2 rings (SSSR count). The summed E-state index contributed by atoms with van der Waals surface area (Å²) >= 11 is 0. The van der Waals surface area contributed by atoms with Crippen LogP contribution in [0.25, 0.3) is 11.0 Å². The molecule has 7 heteroatoms. The fourth-order valence-corrected chi connectivity index (χ4v) is 2.04. The number of rotatable bonds is 5. The highest BCUT2D eigenvalue weighted by Gasteiger charge is 2.17. The zero-order chi connectivity index (χ0) is 14.7. The van der Waals surface area contributed by atoms with Gasteiger partial charge in [-0.05, 0) is 43.2 Å². The Balaban J connectivity index is 2.28. The van der Waals surface area contributed by atoms with Crippen molar-refractivity contribution in [2.75, 3.05) is 23.7 Å². The van der Waals surface area contributed by atoms with Crippen LogP contribution in [-0.4, -0.2) is 35.4 Å². The van der Waals surface area contributed by atoms with Gasteiger partial charge in [0.05, 0.1) is 17.9 Å². The van der Waals surface area contributed by atoms with Crippen LogP contribution in [0.2, 0.25) is 0 Å². The van der Waals surface area contributed by atoms with Gasteiger partial charge in [-0.15, -0.1) is 0 Å². The first-order valence-corrected chi connectivity index (χ1v) is 6.58. The molecule has 1 heterocycles. The maximum Gasteiger partial charge on any atom is 0.239 e. The maximum absolute atomic E-state index is 11.9. The Morgan fingerprint density at radius 2 is 2.10 bits per heavy atom. The van der Waals surface area contributed by atoms with E-state index in [1.54, 1.807) is 6.07 Å². The minimum atomic E-state index is -0.0386. The number of likely N-dealkylation sites (N-methyl/N-ethyl adjacent to an activating group) is 1. The van der Waals surface area contributed by atoms with Gasteiger partial charge in [0.15, 0.2) is 11.0 Å². The number of carbonyl (C=O) groups excluding carboxylic acids is 1. The zero-order valence-electron chi connectivity index (χ0n) is 11.9. The molecular weight excluding hydrogens is 258 g/mol. The molecule has 3 N–H and O–H groups in total. The summed E-state index contributed by atoms with van der Waals surface area (Å²) in [6.45, 7) is 6.74. The van der Waals surface area contributed by atoms with Crippen LogP contribution < -0.4 is 16.0 Å². The Morgan fingerprint density at radius 1 is 1.40 bits per heavy atom. The summed E-state index contributed by atoms with van der Waals surface area (Å²) in [5.41, 5.74) is 8.21. The molecule has 1 aromatic carbocycles. The summed E-state index contributed by atoms with van der Waals surface area (Å²) < 4.78 is 4.74. The molecule has 0 saturated carbocycles. The van der Waals surface area contributed by atoms with Gasteiger partial charge < -0.3 is 16.0 Å². The molecule has 7 nitrogen and oxygen atoms in total. The number of anilines is 2. The number of nitrogens with one attached hydrogen (secondary N) is 1. The number of hydrogen-bond acceptors (Lipinski definition) is 6. The lowest BCUT2D eigenvalue weighted by atomic mass is 10.2. The van der Waals surface area contributed by atoms with Gasteiger partial charge in [0, 0.05) is 12.6 Å². The van der Waals surface area contributed by atoms with E-state index in [4.69, 9.17) is 10.4 Å². The van der Waals surface area contributed by atoms with Crippen molar-refractivity contribution in [1.82, 2.24) is 15.6 Å².